The molecule has 0 aliphatic carbocycles. The van der Waals surface area contributed by atoms with Crippen LogP contribution in [0.4, 0.5) is 0 Å². The van der Waals surface area contributed by atoms with E-state index in [1.165, 1.54) is 4.80 Å². The Bertz CT molecular complexity index is 785. The molecule has 0 saturated heterocycles. The number of likely N-dealkylation sites (N-methyl/N-ethyl adjacent to an activating group) is 1. The fourth-order valence-electron chi connectivity index (χ4n) is 2.01. The molecular formula is C15H14ClN5OS. The zero-order valence-corrected chi connectivity index (χ0v) is 14.0. The average Bonchev–Trinajstić information content (AvgIpc) is 3.20. The molecule has 2 aromatic heterocycles. The summed E-state index contributed by atoms with van der Waals surface area (Å²) in [6.07, 6.45) is 0. The molecule has 0 atom stereocenters. The lowest BCUT2D eigenvalue weighted by Gasteiger charge is -2.15. The van der Waals surface area contributed by atoms with Gasteiger partial charge in [-0.25, -0.2) is 0 Å². The molecule has 23 heavy (non-hydrogen) atoms. The normalized spacial score (nSPS) is 10.7. The Morgan fingerprint density at radius 2 is 2.09 bits per heavy atom. The maximum Gasteiger partial charge on any atom is 0.246 e. The third kappa shape index (κ3) is 3.94. The predicted octanol–water partition coefficient (Wildman–Crippen LogP) is 2.71. The van der Waals surface area contributed by atoms with Crippen molar-refractivity contribution in [2.24, 2.45) is 0 Å². The zero-order chi connectivity index (χ0) is 16.2. The number of aromatic nitrogens is 4. The number of thiophene rings is 1. The van der Waals surface area contributed by atoms with E-state index in [9.17, 15) is 4.79 Å². The lowest BCUT2D eigenvalue weighted by Crippen LogP contribution is -2.30. The van der Waals surface area contributed by atoms with Crippen LogP contribution in [0.5, 0.6) is 0 Å². The van der Waals surface area contributed by atoms with Crippen LogP contribution in [0.15, 0.2) is 41.1 Å². The second-order valence-corrected chi connectivity index (χ2v) is 6.25. The highest BCUT2D eigenvalue weighted by atomic mass is 35.5. The standard InChI is InChI=1S/C15H14ClN5OS/c1-20(8-11-6-7-23-10-11)14(22)9-21-18-15(17-19-21)12-2-4-13(16)5-3-12/h2-7,10H,8-9H2,1H3. The summed E-state index contributed by atoms with van der Waals surface area (Å²) in [7, 11) is 1.76. The number of carbonyl (C=O) groups is 1. The van der Waals surface area contributed by atoms with E-state index in [0.717, 1.165) is 11.1 Å². The fourth-order valence-corrected chi connectivity index (χ4v) is 2.80. The van der Waals surface area contributed by atoms with E-state index >= 15 is 0 Å². The van der Waals surface area contributed by atoms with Crippen molar-refractivity contribution in [3.05, 3.63) is 51.7 Å². The number of carbonyl (C=O) groups excluding carboxylic acids is 1. The summed E-state index contributed by atoms with van der Waals surface area (Å²) in [6.45, 7) is 0.627. The van der Waals surface area contributed by atoms with Crippen LogP contribution < -0.4 is 0 Å². The zero-order valence-electron chi connectivity index (χ0n) is 12.4. The van der Waals surface area contributed by atoms with Gasteiger partial charge in [-0.2, -0.15) is 16.1 Å². The van der Waals surface area contributed by atoms with Crippen LogP contribution in [-0.4, -0.2) is 38.1 Å². The van der Waals surface area contributed by atoms with Gasteiger partial charge < -0.3 is 4.90 Å². The van der Waals surface area contributed by atoms with E-state index in [2.05, 4.69) is 15.4 Å². The molecule has 0 fully saturated rings. The smallest absolute Gasteiger partial charge is 0.246 e. The molecule has 0 aliphatic rings. The van der Waals surface area contributed by atoms with Crippen molar-refractivity contribution < 1.29 is 4.79 Å². The number of nitrogens with zero attached hydrogens (tertiary/aromatic N) is 5. The monoisotopic (exact) mass is 347 g/mol. The minimum atomic E-state index is -0.0729. The summed E-state index contributed by atoms with van der Waals surface area (Å²) in [4.78, 5) is 15.2. The molecule has 8 heteroatoms. The number of amides is 1. The molecule has 0 aliphatic heterocycles. The van der Waals surface area contributed by atoms with E-state index in [-0.39, 0.29) is 12.5 Å². The first-order chi connectivity index (χ1) is 11.1. The summed E-state index contributed by atoms with van der Waals surface area (Å²) >= 11 is 7.47. The maximum absolute atomic E-state index is 12.2. The van der Waals surface area contributed by atoms with Gasteiger partial charge >= 0.3 is 0 Å². The van der Waals surface area contributed by atoms with Gasteiger partial charge in [-0.1, -0.05) is 11.6 Å². The van der Waals surface area contributed by atoms with Gasteiger partial charge in [0.2, 0.25) is 11.7 Å². The molecule has 0 radical (unpaired) electrons. The number of tetrazole rings is 1. The van der Waals surface area contributed by atoms with E-state index < -0.39 is 0 Å². The maximum atomic E-state index is 12.2. The summed E-state index contributed by atoms with van der Waals surface area (Å²) in [5, 5.41) is 16.8. The van der Waals surface area contributed by atoms with E-state index in [4.69, 9.17) is 11.6 Å². The van der Waals surface area contributed by atoms with E-state index in [0.29, 0.717) is 17.4 Å². The third-order valence-corrected chi connectivity index (χ3v) is 4.24. The van der Waals surface area contributed by atoms with Gasteiger partial charge in [0.1, 0.15) is 6.54 Å². The van der Waals surface area contributed by atoms with Gasteiger partial charge in [0.25, 0.3) is 0 Å². The lowest BCUT2D eigenvalue weighted by atomic mass is 10.2. The van der Waals surface area contributed by atoms with E-state index in [1.807, 2.05) is 29.0 Å². The molecule has 6 nitrogen and oxygen atoms in total. The molecule has 0 bridgehead atoms. The molecule has 1 amide bonds. The summed E-state index contributed by atoms with van der Waals surface area (Å²) in [5.74, 6) is 0.395. The summed E-state index contributed by atoms with van der Waals surface area (Å²) in [6, 6.07) is 9.15. The van der Waals surface area contributed by atoms with Crippen molar-refractivity contribution in [2.75, 3.05) is 7.05 Å². The topological polar surface area (TPSA) is 63.9 Å². The van der Waals surface area contributed by atoms with Crippen molar-refractivity contribution in [1.29, 1.82) is 0 Å². The van der Waals surface area contributed by atoms with Crippen LogP contribution in [0.1, 0.15) is 5.56 Å². The van der Waals surface area contributed by atoms with Gasteiger partial charge in [0, 0.05) is 24.2 Å². The van der Waals surface area contributed by atoms with Crippen LogP contribution in [0.25, 0.3) is 11.4 Å². The number of rotatable bonds is 5. The third-order valence-electron chi connectivity index (χ3n) is 3.26. The van der Waals surface area contributed by atoms with Crippen LogP contribution >= 0.6 is 22.9 Å². The van der Waals surface area contributed by atoms with Crippen molar-refractivity contribution in [1.82, 2.24) is 25.1 Å². The second kappa shape index (κ2) is 6.89. The van der Waals surface area contributed by atoms with Gasteiger partial charge in [0.15, 0.2) is 0 Å². The van der Waals surface area contributed by atoms with Crippen molar-refractivity contribution in [3.63, 3.8) is 0 Å². The first-order valence-corrected chi connectivity index (χ1v) is 8.22. The Balaban J connectivity index is 1.64. The van der Waals surface area contributed by atoms with Crippen molar-refractivity contribution in [3.8, 4) is 11.4 Å². The Kier molecular flexibility index (Phi) is 4.68. The Labute approximate surface area is 142 Å². The largest absolute Gasteiger partial charge is 0.340 e. The molecule has 2 heterocycles. The second-order valence-electron chi connectivity index (χ2n) is 5.03. The Hall–Kier alpha value is -2.25. The molecule has 0 spiro atoms. The highest BCUT2D eigenvalue weighted by Gasteiger charge is 2.13. The Morgan fingerprint density at radius 1 is 1.30 bits per heavy atom. The van der Waals surface area contributed by atoms with Crippen molar-refractivity contribution in [2.45, 2.75) is 13.1 Å². The summed E-state index contributed by atoms with van der Waals surface area (Å²) < 4.78 is 0. The average molecular weight is 348 g/mol. The molecule has 0 unspecified atom stereocenters. The fraction of sp³-hybridized carbons (Fsp3) is 0.200. The molecule has 118 valence electrons. The highest BCUT2D eigenvalue weighted by molar-refractivity contribution is 7.07. The van der Waals surface area contributed by atoms with Crippen LogP contribution in [0.3, 0.4) is 0 Å². The van der Waals surface area contributed by atoms with Crippen LogP contribution in [-0.2, 0) is 17.9 Å². The van der Waals surface area contributed by atoms with Crippen LogP contribution in [0.2, 0.25) is 5.02 Å². The minimum Gasteiger partial charge on any atom is -0.340 e. The molecule has 3 rings (SSSR count). The first kappa shape index (κ1) is 15.6. The summed E-state index contributed by atoms with van der Waals surface area (Å²) in [5.41, 5.74) is 1.92. The number of hydrogen-bond donors (Lipinski definition) is 0. The lowest BCUT2D eigenvalue weighted by molar-refractivity contribution is -0.131. The minimum absolute atomic E-state index is 0.0568. The number of hydrogen-bond acceptors (Lipinski definition) is 5. The van der Waals surface area contributed by atoms with E-state index in [1.54, 1.807) is 35.4 Å². The van der Waals surface area contributed by atoms with Gasteiger partial charge in [0.05, 0.1) is 0 Å². The van der Waals surface area contributed by atoms with Crippen LogP contribution in [0, 0.1) is 0 Å². The van der Waals surface area contributed by atoms with Gasteiger partial charge in [-0.15, -0.1) is 10.2 Å². The quantitative estimate of drug-likeness (QED) is 0.712. The molecule has 3 aromatic rings. The highest BCUT2D eigenvalue weighted by Crippen LogP contribution is 2.17. The molecule has 0 N–H and O–H groups in total. The SMILES string of the molecule is CN(Cc1ccsc1)C(=O)Cn1nnc(-c2ccc(Cl)cc2)n1. The number of benzene rings is 1. The molecular weight excluding hydrogens is 334 g/mol. The first-order valence-electron chi connectivity index (χ1n) is 6.90. The predicted molar refractivity (Wildman–Crippen MR) is 89.1 cm³/mol. The molecule has 0 saturated carbocycles. The Morgan fingerprint density at radius 3 is 2.78 bits per heavy atom. The van der Waals surface area contributed by atoms with Crippen molar-refractivity contribution >= 4 is 28.8 Å². The van der Waals surface area contributed by atoms with Gasteiger partial charge in [-0.3, -0.25) is 4.79 Å². The van der Waals surface area contributed by atoms with Gasteiger partial charge in [-0.05, 0) is 51.9 Å². The molecule has 1 aromatic carbocycles. The number of halogens is 1.